The number of aliphatic carboxylic acids is 1. The Kier molecular flexibility index (Phi) is 5.57. The Balaban J connectivity index is 1.67. The number of carboxylic acids is 1. The van der Waals surface area contributed by atoms with E-state index < -0.39 is 29.1 Å². The molecule has 4 aliphatic rings. The van der Waals surface area contributed by atoms with E-state index in [0.717, 1.165) is 32.1 Å². The number of carboxylic acid groups (broad SMARTS) is 1. The van der Waals surface area contributed by atoms with E-state index in [1.54, 1.807) is 0 Å². The summed E-state index contributed by atoms with van der Waals surface area (Å²) in [5, 5.41) is 42.2. The first-order chi connectivity index (χ1) is 13.9. The summed E-state index contributed by atoms with van der Waals surface area (Å²) in [6.07, 6.45) is 4.77. The molecule has 172 valence electrons. The Morgan fingerprint density at radius 1 is 1.10 bits per heavy atom. The summed E-state index contributed by atoms with van der Waals surface area (Å²) in [6, 6.07) is 0. The normalized spacial score (nSPS) is 54.0. The predicted octanol–water partition coefficient (Wildman–Crippen LogP) is 2.53. The summed E-state index contributed by atoms with van der Waals surface area (Å²) in [6.45, 7) is 6.50. The number of nitrogens with two attached hydrogens (primary N) is 1. The van der Waals surface area contributed by atoms with Gasteiger partial charge in [-0.3, -0.25) is 4.79 Å². The zero-order chi connectivity index (χ0) is 22.1. The van der Waals surface area contributed by atoms with E-state index in [1.165, 1.54) is 0 Å². The quantitative estimate of drug-likeness (QED) is 0.473. The second-order valence-electron chi connectivity index (χ2n) is 11.7. The minimum Gasteiger partial charge on any atom is -0.481 e. The van der Waals surface area contributed by atoms with Crippen molar-refractivity contribution in [2.75, 3.05) is 0 Å². The number of aliphatic hydroxyl groups is 3. The first-order valence-electron chi connectivity index (χ1n) is 12.0. The van der Waals surface area contributed by atoms with Crippen molar-refractivity contribution < 1.29 is 25.2 Å². The highest BCUT2D eigenvalue weighted by Gasteiger charge is 2.71. The van der Waals surface area contributed by atoms with Gasteiger partial charge in [-0.1, -0.05) is 20.8 Å². The van der Waals surface area contributed by atoms with Gasteiger partial charge >= 0.3 is 5.97 Å². The van der Waals surface area contributed by atoms with Crippen molar-refractivity contribution in [3.05, 3.63) is 0 Å². The van der Waals surface area contributed by atoms with Gasteiger partial charge in [-0.25, -0.2) is 0 Å². The lowest BCUT2D eigenvalue weighted by Gasteiger charge is -2.67. The average molecular weight is 424 g/mol. The van der Waals surface area contributed by atoms with E-state index in [1.807, 2.05) is 0 Å². The number of carbonyl (C=O) groups is 1. The largest absolute Gasteiger partial charge is 0.481 e. The minimum absolute atomic E-state index is 0.00911. The van der Waals surface area contributed by atoms with Gasteiger partial charge in [-0.2, -0.15) is 0 Å². The number of aliphatic hydroxyl groups excluding tert-OH is 3. The van der Waals surface area contributed by atoms with Crippen LogP contribution in [0, 0.1) is 40.4 Å². The summed E-state index contributed by atoms with van der Waals surface area (Å²) < 4.78 is 0. The smallest absolute Gasteiger partial charge is 0.303 e. The van der Waals surface area contributed by atoms with E-state index in [-0.39, 0.29) is 47.5 Å². The van der Waals surface area contributed by atoms with Crippen molar-refractivity contribution in [3.8, 4) is 0 Å². The van der Waals surface area contributed by atoms with Crippen LogP contribution in [-0.4, -0.2) is 50.2 Å². The predicted molar refractivity (Wildman–Crippen MR) is 113 cm³/mol. The lowest BCUT2D eigenvalue weighted by molar-refractivity contribution is -0.215. The molecule has 4 saturated carbocycles. The van der Waals surface area contributed by atoms with Crippen molar-refractivity contribution >= 4 is 5.97 Å². The maximum atomic E-state index is 11.6. The molecule has 0 amide bonds. The highest BCUT2D eigenvalue weighted by molar-refractivity contribution is 5.66. The molecule has 0 aromatic carbocycles. The van der Waals surface area contributed by atoms with E-state index in [2.05, 4.69) is 20.8 Å². The van der Waals surface area contributed by atoms with Crippen LogP contribution in [0.25, 0.3) is 0 Å². The van der Waals surface area contributed by atoms with Gasteiger partial charge in [0.2, 0.25) is 0 Å². The van der Waals surface area contributed by atoms with Crippen LogP contribution in [-0.2, 0) is 4.79 Å². The minimum atomic E-state index is -0.783. The monoisotopic (exact) mass is 423 g/mol. The first kappa shape index (κ1) is 22.5. The van der Waals surface area contributed by atoms with Crippen LogP contribution in [0.2, 0.25) is 0 Å². The molecule has 6 N–H and O–H groups in total. The van der Waals surface area contributed by atoms with Crippen molar-refractivity contribution in [1.82, 2.24) is 0 Å². The molecule has 0 radical (unpaired) electrons. The van der Waals surface area contributed by atoms with Gasteiger partial charge in [0.1, 0.15) is 0 Å². The van der Waals surface area contributed by atoms with Gasteiger partial charge in [0.25, 0.3) is 0 Å². The third-order valence-electron chi connectivity index (χ3n) is 10.6. The van der Waals surface area contributed by atoms with Gasteiger partial charge in [-0.15, -0.1) is 0 Å². The highest BCUT2D eigenvalue weighted by atomic mass is 16.4. The Bertz CT molecular complexity index is 687. The second-order valence-corrected chi connectivity index (χ2v) is 11.7. The molecule has 0 spiro atoms. The van der Waals surface area contributed by atoms with Crippen LogP contribution < -0.4 is 5.73 Å². The fraction of sp³-hybridized carbons (Fsp3) is 0.958. The molecule has 0 aliphatic heterocycles. The van der Waals surface area contributed by atoms with Crippen LogP contribution >= 0.6 is 0 Å². The fourth-order valence-electron chi connectivity index (χ4n) is 8.79. The van der Waals surface area contributed by atoms with Crippen LogP contribution in [0.15, 0.2) is 0 Å². The van der Waals surface area contributed by atoms with Crippen molar-refractivity contribution in [3.63, 3.8) is 0 Å². The number of hydrogen-bond donors (Lipinski definition) is 5. The van der Waals surface area contributed by atoms with E-state index >= 15 is 0 Å². The molecule has 0 aromatic heterocycles. The highest BCUT2D eigenvalue weighted by Crippen LogP contribution is 2.69. The fourth-order valence-corrected chi connectivity index (χ4v) is 8.79. The van der Waals surface area contributed by atoms with Crippen molar-refractivity contribution in [1.29, 1.82) is 0 Å². The zero-order valence-electron chi connectivity index (χ0n) is 18.8. The Hall–Kier alpha value is -0.690. The molecule has 0 heterocycles. The molecule has 1 unspecified atom stereocenters. The first-order valence-corrected chi connectivity index (χ1v) is 12.0. The summed E-state index contributed by atoms with van der Waals surface area (Å²) in [5.41, 5.74) is 6.06. The molecule has 6 heteroatoms. The van der Waals surface area contributed by atoms with Crippen molar-refractivity contribution in [2.24, 2.45) is 46.2 Å². The summed E-state index contributed by atoms with van der Waals surface area (Å²) in [7, 11) is 0. The molecule has 11 atom stereocenters. The standard InChI is InChI=1S/C24H41NO5/c1-13(4-5-20(29)30)16-7-9-24(25)21-17(12-19(28)23(16,24)3)22(2)8-6-15(26)10-14(22)11-18(21)27/h13-19,21,26-28H,4-12,25H2,1-3H3,(H,29,30)/t13-,14+,15-,16-,17+,18-,19+,21?,22+,23+,24-/m1/s1. The third kappa shape index (κ3) is 3.01. The van der Waals surface area contributed by atoms with Gasteiger partial charge < -0.3 is 26.2 Å². The Morgan fingerprint density at radius 3 is 2.47 bits per heavy atom. The Morgan fingerprint density at radius 2 is 1.80 bits per heavy atom. The maximum absolute atomic E-state index is 11.6. The molecular weight excluding hydrogens is 382 g/mol. The van der Waals surface area contributed by atoms with E-state index in [4.69, 9.17) is 10.8 Å². The van der Waals surface area contributed by atoms with Gasteiger partial charge in [0, 0.05) is 23.3 Å². The lowest BCUT2D eigenvalue weighted by atomic mass is 9.41. The van der Waals surface area contributed by atoms with Gasteiger partial charge in [0.05, 0.1) is 18.3 Å². The molecule has 30 heavy (non-hydrogen) atoms. The summed E-state index contributed by atoms with van der Waals surface area (Å²) in [5.74, 6) is -0.0990. The van der Waals surface area contributed by atoms with E-state index in [9.17, 15) is 20.1 Å². The summed E-state index contributed by atoms with van der Waals surface area (Å²) >= 11 is 0. The lowest BCUT2D eigenvalue weighted by Crippen LogP contribution is -2.73. The molecule has 4 fully saturated rings. The molecule has 0 aromatic rings. The molecule has 0 bridgehead atoms. The topological polar surface area (TPSA) is 124 Å². The molecular formula is C24H41NO5. The van der Waals surface area contributed by atoms with Crippen LogP contribution in [0.3, 0.4) is 0 Å². The van der Waals surface area contributed by atoms with E-state index in [0.29, 0.717) is 19.3 Å². The third-order valence-corrected chi connectivity index (χ3v) is 10.6. The van der Waals surface area contributed by atoms with Crippen LogP contribution in [0.1, 0.15) is 78.6 Å². The molecule has 0 saturated heterocycles. The van der Waals surface area contributed by atoms with Crippen LogP contribution in [0.5, 0.6) is 0 Å². The van der Waals surface area contributed by atoms with Crippen molar-refractivity contribution in [2.45, 2.75) is 102 Å². The summed E-state index contributed by atoms with van der Waals surface area (Å²) in [4.78, 5) is 11.1. The number of rotatable bonds is 4. The average Bonchev–Trinajstić information content (AvgIpc) is 2.95. The second kappa shape index (κ2) is 7.43. The van der Waals surface area contributed by atoms with Crippen LogP contribution in [0.4, 0.5) is 0 Å². The molecule has 4 aliphatic carbocycles. The van der Waals surface area contributed by atoms with Gasteiger partial charge in [0.15, 0.2) is 0 Å². The SMILES string of the molecule is C[C@H](CCC(=O)O)[C@H]1CC[C@@]2(N)C3[C@H](O)C[C@@H]4C[C@H](O)CC[C@]4(C)[C@H]3C[C@H](O)[C@]12C. The Labute approximate surface area is 180 Å². The molecule has 4 rings (SSSR count). The maximum Gasteiger partial charge on any atom is 0.303 e. The zero-order valence-corrected chi connectivity index (χ0v) is 18.8. The number of fused-ring (bicyclic) bond motifs is 5. The molecule has 6 nitrogen and oxygen atoms in total. The number of hydrogen-bond acceptors (Lipinski definition) is 5. The van der Waals surface area contributed by atoms with Gasteiger partial charge in [-0.05, 0) is 80.5 Å².